The van der Waals surface area contributed by atoms with Crippen LogP contribution < -0.4 is 5.32 Å². The van der Waals surface area contributed by atoms with Gasteiger partial charge in [-0.1, -0.05) is 60.7 Å². The average Bonchev–Trinajstić information content (AvgIpc) is 3.20. The molecule has 0 saturated carbocycles. The summed E-state index contributed by atoms with van der Waals surface area (Å²) in [4.78, 5) is 24.3. The van der Waals surface area contributed by atoms with Gasteiger partial charge >= 0.3 is 5.97 Å². The van der Waals surface area contributed by atoms with Gasteiger partial charge in [0, 0.05) is 24.3 Å². The van der Waals surface area contributed by atoms with Crippen LogP contribution in [-0.2, 0) is 27.3 Å². The van der Waals surface area contributed by atoms with Gasteiger partial charge in [-0.05, 0) is 17.2 Å². The minimum atomic E-state index is -0.750. The summed E-state index contributed by atoms with van der Waals surface area (Å²) < 4.78 is 6.62. The van der Waals surface area contributed by atoms with Gasteiger partial charge in [0.2, 0.25) is 5.91 Å². The molecular formula is C23H23N3O3. The topological polar surface area (TPSA) is 73.2 Å². The lowest BCUT2D eigenvalue weighted by atomic mass is 10.1. The molecule has 29 heavy (non-hydrogen) atoms. The zero-order chi connectivity index (χ0) is 20.5. The molecule has 1 heterocycles. The summed E-state index contributed by atoms with van der Waals surface area (Å²) in [6, 6.07) is 18.7. The Labute approximate surface area is 169 Å². The quantitative estimate of drug-likeness (QED) is 0.475. The summed E-state index contributed by atoms with van der Waals surface area (Å²) in [6.07, 6.45) is 6.97. The van der Waals surface area contributed by atoms with Crippen molar-refractivity contribution in [3.8, 4) is 0 Å². The van der Waals surface area contributed by atoms with Gasteiger partial charge in [0.1, 0.15) is 6.04 Å². The fourth-order valence-corrected chi connectivity index (χ4v) is 2.90. The molecule has 6 heteroatoms. The van der Waals surface area contributed by atoms with Gasteiger partial charge in [-0.3, -0.25) is 9.48 Å². The van der Waals surface area contributed by atoms with Gasteiger partial charge in [-0.2, -0.15) is 5.10 Å². The molecule has 0 saturated heterocycles. The van der Waals surface area contributed by atoms with Crippen LogP contribution in [0.3, 0.4) is 0 Å². The Morgan fingerprint density at radius 1 is 1.07 bits per heavy atom. The van der Waals surface area contributed by atoms with E-state index in [0.29, 0.717) is 13.0 Å². The highest BCUT2D eigenvalue weighted by molar-refractivity contribution is 5.94. The largest absolute Gasteiger partial charge is 0.467 e. The predicted octanol–water partition coefficient (Wildman–Crippen LogP) is 2.85. The van der Waals surface area contributed by atoms with Gasteiger partial charge in [0.15, 0.2) is 0 Å². The van der Waals surface area contributed by atoms with E-state index < -0.39 is 12.0 Å². The Morgan fingerprint density at radius 3 is 2.38 bits per heavy atom. The Kier molecular flexibility index (Phi) is 6.95. The van der Waals surface area contributed by atoms with E-state index in [9.17, 15) is 9.59 Å². The number of carbonyl (C=O) groups excluding carboxylic acids is 2. The molecule has 0 bridgehead atoms. The maximum atomic E-state index is 12.3. The minimum absolute atomic E-state index is 0.363. The molecule has 148 valence electrons. The Morgan fingerprint density at radius 2 is 1.72 bits per heavy atom. The number of ether oxygens (including phenoxy) is 1. The molecule has 1 amide bonds. The summed E-state index contributed by atoms with van der Waals surface area (Å²) in [5.41, 5.74) is 2.88. The second-order valence-electron chi connectivity index (χ2n) is 6.56. The van der Waals surface area contributed by atoms with E-state index in [1.54, 1.807) is 17.0 Å². The number of hydrogen-bond acceptors (Lipinski definition) is 4. The summed E-state index contributed by atoms with van der Waals surface area (Å²) >= 11 is 0. The normalized spacial score (nSPS) is 11.9. The predicted molar refractivity (Wildman–Crippen MR) is 111 cm³/mol. The minimum Gasteiger partial charge on any atom is -0.467 e. The van der Waals surface area contributed by atoms with Crippen molar-refractivity contribution in [2.45, 2.75) is 19.0 Å². The van der Waals surface area contributed by atoms with Crippen molar-refractivity contribution in [3.63, 3.8) is 0 Å². The van der Waals surface area contributed by atoms with Crippen LogP contribution in [0.1, 0.15) is 16.7 Å². The third-order valence-electron chi connectivity index (χ3n) is 4.35. The number of nitrogens with one attached hydrogen (secondary N) is 1. The summed E-state index contributed by atoms with van der Waals surface area (Å²) in [7, 11) is 1.31. The molecule has 6 nitrogen and oxygen atoms in total. The number of amides is 1. The van der Waals surface area contributed by atoms with Crippen LogP contribution in [0, 0.1) is 0 Å². The summed E-state index contributed by atoms with van der Waals surface area (Å²) in [5.74, 6) is -0.849. The maximum Gasteiger partial charge on any atom is 0.328 e. The number of aromatic nitrogens is 2. The van der Waals surface area contributed by atoms with Crippen molar-refractivity contribution in [1.29, 1.82) is 0 Å². The van der Waals surface area contributed by atoms with Gasteiger partial charge in [0.25, 0.3) is 0 Å². The van der Waals surface area contributed by atoms with Crippen LogP contribution in [0.25, 0.3) is 6.08 Å². The molecule has 0 aliphatic heterocycles. The molecule has 3 aromatic rings. The van der Waals surface area contributed by atoms with Crippen LogP contribution in [-0.4, -0.2) is 34.8 Å². The SMILES string of the molecule is COC(=O)C(Cc1ccccc1)NC(=O)C=Cc1cnn(Cc2ccccc2)c1. The Balaban J connectivity index is 1.59. The number of rotatable bonds is 8. The van der Waals surface area contributed by atoms with Gasteiger partial charge in [-0.15, -0.1) is 0 Å². The highest BCUT2D eigenvalue weighted by atomic mass is 16.5. The molecule has 0 fully saturated rings. The number of hydrogen-bond donors (Lipinski definition) is 1. The monoisotopic (exact) mass is 389 g/mol. The van der Waals surface area contributed by atoms with E-state index in [1.165, 1.54) is 13.2 Å². The first-order valence-electron chi connectivity index (χ1n) is 9.31. The van der Waals surface area contributed by atoms with Gasteiger partial charge in [0.05, 0.1) is 19.9 Å². The summed E-state index contributed by atoms with van der Waals surface area (Å²) in [5, 5.41) is 7.01. The van der Waals surface area contributed by atoms with Gasteiger partial charge < -0.3 is 10.1 Å². The zero-order valence-corrected chi connectivity index (χ0v) is 16.2. The molecule has 0 spiro atoms. The van der Waals surface area contributed by atoms with Crippen molar-refractivity contribution in [3.05, 3.63) is 95.8 Å². The van der Waals surface area contributed by atoms with Crippen molar-refractivity contribution in [1.82, 2.24) is 15.1 Å². The fraction of sp³-hybridized carbons (Fsp3) is 0.174. The molecule has 0 radical (unpaired) electrons. The Bertz CT molecular complexity index is 965. The first-order valence-corrected chi connectivity index (χ1v) is 9.31. The molecule has 1 N–H and O–H groups in total. The molecule has 1 aromatic heterocycles. The molecule has 1 unspecified atom stereocenters. The maximum absolute atomic E-state index is 12.3. The lowest BCUT2D eigenvalue weighted by molar-refractivity contribution is -0.144. The van der Waals surface area contributed by atoms with Gasteiger partial charge in [-0.25, -0.2) is 4.79 Å². The number of carbonyl (C=O) groups is 2. The first-order chi connectivity index (χ1) is 14.1. The van der Waals surface area contributed by atoms with E-state index >= 15 is 0 Å². The second kappa shape index (κ2) is 10.0. The molecule has 2 aromatic carbocycles. The van der Waals surface area contributed by atoms with Crippen LogP contribution >= 0.6 is 0 Å². The molecule has 3 rings (SSSR count). The van der Waals surface area contributed by atoms with E-state index in [-0.39, 0.29) is 5.91 Å². The smallest absolute Gasteiger partial charge is 0.328 e. The molecule has 1 atom stereocenters. The van der Waals surface area contributed by atoms with Crippen molar-refractivity contribution in [2.75, 3.05) is 7.11 Å². The number of esters is 1. The van der Waals surface area contributed by atoms with E-state index in [2.05, 4.69) is 10.4 Å². The Hall–Kier alpha value is -3.67. The number of methoxy groups -OCH3 is 1. The lowest BCUT2D eigenvalue weighted by Gasteiger charge is -2.15. The third-order valence-corrected chi connectivity index (χ3v) is 4.35. The third kappa shape index (κ3) is 6.17. The van der Waals surface area contributed by atoms with Crippen LogP contribution in [0.15, 0.2) is 79.1 Å². The zero-order valence-electron chi connectivity index (χ0n) is 16.2. The first kappa shape index (κ1) is 20.1. The van der Waals surface area contributed by atoms with E-state index in [4.69, 9.17) is 4.74 Å². The van der Waals surface area contributed by atoms with Crippen LogP contribution in [0.4, 0.5) is 0 Å². The summed E-state index contributed by atoms with van der Waals surface area (Å²) in [6.45, 7) is 0.655. The van der Waals surface area contributed by atoms with Crippen LogP contribution in [0.5, 0.6) is 0 Å². The molecule has 0 aliphatic carbocycles. The number of nitrogens with zero attached hydrogens (tertiary/aromatic N) is 2. The average molecular weight is 389 g/mol. The highest BCUT2D eigenvalue weighted by Gasteiger charge is 2.20. The van der Waals surface area contributed by atoms with E-state index in [1.807, 2.05) is 66.9 Å². The van der Waals surface area contributed by atoms with E-state index in [0.717, 1.165) is 16.7 Å². The van der Waals surface area contributed by atoms with Crippen LogP contribution in [0.2, 0.25) is 0 Å². The highest BCUT2D eigenvalue weighted by Crippen LogP contribution is 2.07. The molecule has 0 aliphatic rings. The standard InChI is InChI=1S/C23H23N3O3/c1-29-23(28)21(14-18-8-4-2-5-9-18)25-22(27)13-12-20-15-24-26(17-20)16-19-10-6-3-7-11-19/h2-13,15,17,21H,14,16H2,1H3,(H,25,27). The second-order valence-corrected chi connectivity index (χ2v) is 6.56. The molecular weight excluding hydrogens is 366 g/mol. The fourth-order valence-electron chi connectivity index (χ4n) is 2.90. The lowest BCUT2D eigenvalue weighted by Crippen LogP contribution is -2.42. The van der Waals surface area contributed by atoms with Crippen molar-refractivity contribution in [2.24, 2.45) is 0 Å². The number of benzene rings is 2. The van der Waals surface area contributed by atoms with Crippen molar-refractivity contribution < 1.29 is 14.3 Å². The van der Waals surface area contributed by atoms with Crippen molar-refractivity contribution >= 4 is 18.0 Å².